The predicted octanol–water partition coefficient (Wildman–Crippen LogP) is 3.17. The first-order chi connectivity index (χ1) is 17.6. The summed E-state index contributed by atoms with van der Waals surface area (Å²) in [7, 11) is -0.838. The smallest absolute Gasteiger partial charge is 0.410 e. The summed E-state index contributed by atoms with van der Waals surface area (Å²) >= 11 is 0. The lowest BCUT2D eigenvalue weighted by atomic mass is 10.00. The first kappa shape index (κ1) is 28.9. The first-order valence-corrected chi connectivity index (χ1v) is 13.9. The molecule has 1 N–H and O–H groups in total. The van der Waals surface area contributed by atoms with Crippen LogP contribution in [-0.2, 0) is 25.9 Å². The standard InChI is InChI=1S/C27H38N2O7S/c1-20(2)17-29(37(32,33)24-12-10-22(34-4)11-13-24)18-26(30)25(16-21-8-6-5-7-9-21)28(3)27(31)36-23-14-15-35-19-23/h5-13,20,23,25-26,30H,14-19H2,1-4H3. The van der Waals surface area contributed by atoms with Crippen molar-refractivity contribution in [1.82, 2.24) is 9.21 Å². The number of nitrogens with zero attached hydrogens (tertiary/aromatic N) is 2. The average molecular weight is 535 g/mol. The van der Waals surface area contributed by atoms with Crippen LogP contribution in [0.15, 0.2) is 59.5 Å². The number of likely N-dealkylation sites (N-methyl/N-ethyl adjacent to an activating group) is 1. The van der Waals surface area contributed by atoms with Crippen LogP contribution in [0.5, 0.6) is 5.75 Å². The molecule has 2 aromatic carbocycles. The molecular formula is C27H38N2O7S. The van der Waals surface area contributed by atoms with Crippen molar-refractivity contribution in [2.24, 2.45) is 5.92 Å². The van der Waals surface area contributed by atoms with E-state index in [1.165, 1.54) is 28.4 Å². The van der Waals surface area contributed by atoms with Crippen molar-refractivity contribution >= 4 is 16.1 Å². The second-order valence-electron chi connectivity index (χ2n) is 9.70. The van der Waals surface area contributed by atoms with Crippen molar-refractivity contribution in [3.8, 4) is 5.75 Å². The molecule has 0 aliphatic carbocycles. The molecule has 1 aliphatic rings. The average Bonchev–Trinajstić information content (AvgIpc) is 3.39. The Morgan fingerprint density at radius 1 is 1.11 bits per heavy atom. The molecule has 37 heavy (non-hydrogen) atoms. The van der Waals surface area contributed by atoms with Crippen molar-refractivity contribution in [2.75, 3.05) is 40.5 Å². The number of rotatable bonds is 12. The number of aliphatic hydroxyl groups is 1. The van der Waals surface area contributed by atoms with Crippen LogP contribution in [-0.4, -0.2) is 87.5 Å². The van der Waals surface area contributed by atoms with Crippen LogP contribution in [0.3, 0.4) is 0 Å². The Morgan fingerprint density at radius 3 is 2.35 bits per heavy atom. The maximum Gasteiger partial charge on any atom is 0.410 e. The number of hydrogen-bond acceptors (Lipinski definition) is 7. The normalized spacial score (nSPS) is 17.5. The van der Waals surface area contributed by atoms with Gasteiger partial charge in [-0.15, -0.1) is 0 Å². The highest BCUT2D eigenvalue weighted by atomic mass is 32.2. The molecule has 1 heterocycles. The van der Waals surface area contributed by atoms with Gasteiger partial charge in [0.2, 0.25) is 10.0 Å². The molecule has 9 nitrogen and oxygen atoms in total. The van der Waals surface area contributed by atoms with E-state index in [4.69, 9.17) is 14.2 Å². The number of benzene rings is 2. The highest BCUT2D eigenvalue weighted by molar-refractivity contribution is 7.89. The molecule has 0 saturated carbocycles. The van der Waals surface area contributed by atoms with Crippen LogP contribution >= 0.6 is 0 Å². The Morgan fingerprint density at radius 2 is 1.78 bits per heavy atom. The predicted molar refractivity (Wildman–Crippen MR) is 140 cm³/mol. The molecule has 1 amide bonds. The van der Waals surface area contributed by atoms with E-state index < -0.39 is 28.3 Å². The maximum atomic E-state index is 13.6. The van der Waals surface area contributed by atoms with E-state index in [1.54, 1.807) is 19.2 Å². The van der Waals surface area contributed by atoms with Gasteiger partial charge in [0.05, 0.1) is 37.4 Å². The lowest BCUT2D eigenvalue weighted by Gasteiger charge is -2.35. The molecule has 2 aromatic rings. The van der Waals surface area contributed by atoms with Gasteiger partial charge in [-0.1, -0.05) is 44.2 Å². The minimum atomic E-state index is -3.92. The Kier molecular flexibility index (Phi) is 10.3. The van der Waals surface area contributed by atoms with E-state index in [9.17, 15) is 18.3 Å². The third kappa shape index (κ3) is 7.91. The van der Waals surface area contributed by atoms with Gasteiger partial charge < -0.3 is 24.2 Å². The zero-order valence-corrected chi connectivity index (χ0v) is 22.8. The minimum absolute atomic E-state index is 0.0119. The summed E-state index contributed by atoms with van der Waals surface area (Å²) in [6.07, 6.45) is -1.15. The van der Waals surface area contributed by atoms with E-state index in [-0.39, 0.29) is 30.0 Å². The van der Waals surface area contributed by atoms with Gasteiger partial charge >= 0.3 is 6.09 Å². The molecule has 1 aliphatic heterocycles. The second-order valence-corrected chi connectivity index (χ2v) is 11.6. The van der Waals surface area contributed by atoms with Crippen LogP contribution in [0.2, 0.25) is 0 Å². The highest BCUT2D eigenvalue weighted by Crippen LogP contribution is 2.23. The van der Waals surface area contributed by atoms with Gasteiger partial charge in [0.1, 0.15) is 11.9 Å². The van der Waals surface area contributed by atoms with E-state index in [0.29, 0.717) is 31.8 Å². The summed E-state index contributed by atoms with van der Waals surface area (Å²) in [5.74, 6) is 0.558. The van der Waals surface area contributed by atoms with Crippen LogP contribution in [0, 0.1) is 5.92 Å². The molecule has 0 radical (unpaired) electrons. The van der Waals surface area contributed by atoms with Crippen LogP contribution in [0.1, 0.15) is 25.8 Å². The zero-order valence-electron chi connectivity index (χ0n) is 21.9. The zero-order chi connectivity index (χ0) is 27.0. The molecular weight excluding hydrogens is 496 g/mol. The van der Waals surface area contributed by atoms with Gasteiger partial charge in [0.15, 0.2) is 0 Å². The lowest BCUT2D eigenvalue weighted by Crippen LogP contribution is -2.52. The van der Waals surface area contributed by atoms with E-state index in [2.05, 4.69) is 0 Å². The second kappa shape index (κ2) is 13.2. The summed E-state index contributed by atoms with van der Waals surface area (Å²) in [6.45, 7) is 4.72. The largest absolute Gasteiger partial charge is 0.497 e. The molecule has 3 atom stereocenters. The molecule has 10 heteroatoms. The van der Waals surface area contributed by atoms with Crippen molar-refractivity contribution in [1.29, 1.82) is 0 Å². The molecule has 1 saturated heterocycles. The van der Waals surface area contributed by atoms with Gasteiger partial charge in [-0.05, 0) is 42.2 Å². The van der Waals surface area contributed by atoms with E-state index >= 15 is 0 Å². The van der Waals surface area contributed by atoms with Gasteiger partial charge in [-0.25, -0.2) is 13.2 Å². The topological polar surface area (TPSA) is 106 Å². The van der Waals surface area contributed by atoms with E-state index in [0.717, 1.165) is 5.56 Å². The Labute approximate surface area is 220 Å². The number of hydrogen-bond donors (Lipinski definition) is 1. The fourth-order valence-corrected chi connectivity index (χ4v) is 5.88. The monoisotopic (exact) mass is 534 g/mol. The third-order valence-electron chi connectivity index (χ3n) is 6.33. The summed E-state index contributed by atoms with van der Waals surface area (Å²) in [5, 5.41) is 11.4. The summed E-state index contributed by atoms with van der Waals surface area (Å²) < 4.78 is 44.5. The Hall–Kier alpha value is -2.66. The van der Waals surface area contributed by atoms with Crippen LogP contribution in [0.4, 0.5) is 4.79 Å². The quantitative estimate of drug-likeness (QED) is 0.446. The highest BCUT2D eigenvalue weighted by Gasteiger charge is 2.35. The molecule has 0 bridgehead atoms. The van der Waals surface area contributed by atoms with Crippen LogP contribution < -0.4 is 4.74 Å². The number of sulfonamides is 1. The van der Waals surface area contributed by atoms with Crippen molar-refractivity contribution < 1.29 is 32.5 Å². The molecule has 0 aromatic heterocycles. The van der Waals surface area contributed by atoms with Crippen LogP contribution in [0.25, 0.3) is 0 Å². The number of ether oxygens (including phenoxy) is 3. The molecule has 3 rings (SSSR count). The molecule has 204 valence electrons. The third-order valence-corrected chi connectivity index (χ3v) is 8.18. The van der Waals surface area contributed by atoms with Crippen molar-refractivity contribution in [2.45, 2.75) is 49.8 Å². The summed E-state index contributed by atoms with van der Waals surface area (Å²) in [6, 6.07) is 14.9. The number of carbonyl (C=O) groups excluding carboxylic acids is 1. The molecule has 3 unspecified atom stereocenters. The van der Waals surface area contributed by atoms with Gasteiger partial charge in [0, 0.05) is 26.6 Å². The molecule has 1 fully saturated rings. The number of aliphatic hydroxyl groups excluding tert-OH is 1. The first-order valence-electron chi connectivity index (χ1n) is 12.5. The summed E-state index contributed by atoms with van der Waals surface area (Å²) in [5.41, 5.74) is 0.906. The summed E-state index contributed by atoms with van der Waals surface area (Å²) in [4.78, 5) is 14.4. The van der Waals surface area contributed by atoms with Gasteiger partial charge in [-0.3, -0.25) is 0 Å². The maximum absolute atomic E-state index is 13.6. The fraction of sp³-hybridized carbons (Fsp3) is 0.519. The van der Waals surface area contributed by atoms with Crippen molar-refractivity contribution in [3.63, 3.8) is 0 Å². The number of methoxy groups -OCH3 is 1. The Balaban J connectivity index is 1.85. The fourth-order valence-electron chi connectivity index (χ4n) is 4.26. The van der Waals surface area contributed by atoms with Gasteiger partial charge in [0.25, 0.3) is 0 Å². The minimum Gasteiger partial charge on any atom is -0.497 e. The SMILES string of the molecule is COc1ccc(S(=O)(=O)N(CC(C)C)CC(O)C(Cc2ccccc2)N(C)C(=O)OC2CCOC2)cc1. The Bertz CT molecular complexity index is 1090. The number of amides is 1. The van der Waals surface area contributed by atoms with Crippen molar-refractivity contribution in [3.05, 3.63) is 60.2 Å². The number of carbonyl (C=O) groups is 1. The van der Waals surface area contributed by atoms with E-state index in [1.807, 2.05) is 44.2 Å². The lowest BCUT2D eigenvalue weighted by molar-refractivity contribution is 0.0176. The van der Waals surface area contributed by atoms with Gasteiger partial charge in [-0.2, -0.15) is 4.31 Å². The molecule has 0 spiro atoms.